The molecule has 3 heterocycles. The van der Waals surface area contributed by atoms with Crippen LogP contribution in [0.2, 0.25) is 0 Å². The van der Waals surface area contributed by atoms with Crippen LogP contribution >= 0.6 is 0 Å². The first kappa shape index (κ1) is 23.5. The molecule has 1 aromatic carbocycles. The van der Waals surface area contributed by atoms with Gasteiger partial charge in [0.2, 0.25) is 15.9 Å². The molecule has 178 valence electrons. The number of halogens is 2. The van der Waals surface area contributed by atoms with Crippen LogP contribution in [0.4, 0.5) is 8.78 Å². The lowest BCUT2D eigenvalue weighted by molar-refractivity contribution is -0.142. The van der Waals surface area contributed by atoms with E-state index in [0.29, 0.717) is 12.8 Å². The molecule has 4 rings (SSSR count). The Morgan fingerprint density at radius 2 is 1.56 bits per heavy atom. The van der Waals surface area contributed by atoms with Gasteiger partial charge in [-0.15, -0.1) is 0 Å². The maximum absolute atomic E-state index is 13.4. The molecule has 0 spiro atoms. The summed E-state index contributed by atoms with van der Waals surface area (Å²) in [5.74, 6) is -3.63. The van der Waals surface area contributed by atoms with Crippen LogP contribution in [0.1, 0.15) is 25.7 Å². The van der Waals surface area contributed by atoms with Gasteiger partial charge in [-0.25, -0.2) is 25.6 Å². The van der Waals surface area contributed by atoms with Crippen molar-refractivity contribution < 1.29 is 35.1 Å². The van der Waals surface area contributed by atoms with E-state index in [0.717, 1.165) is 0 Å². The summed E-state index contributed by atoms with van der Waals surface area (Å²) >= 11 is 0. The third-order valence-corrected chi connectivity index (χ3v) is 10.3. The second-order valence-corrected chi connectivity index (χ2v) is 12.7. The number of hydrogen-bond acceptors (Lipinski definition) is 6. The van der Waals surface area contributed by atoms with Crippen molar-refractivity contribution in [3.8, 4) is 0 Å². The predicted octanol–water partition coefficient (Wildman–Crippen LogP) is 1.52. The van der Waals surface area contributed by atoms with Crippen LogP contribution in [0.5, 0.6) is 0 Å². The highest BCUT2D eigenvalue weighted by molar-refractivity contribution is 7.92. The van der Waals surface area contributed by atoms with E-state index in [1.807, 2.05) is 0 Å². The van der Waals surface area contributed by atoms with Crippen LogP contribution in [0, 0.1) is 5.92 Å². The van der Waals surface area contributed by atoms with E-state index in [9.17, 15) is 30.4 Å². The van der Waals surface area contributed by atoms with Gasteiger partial charge in [0.1, 0.15) is 5.25 Å². The molecule has 3 aliphatic rings. The van der Waals surface area contributed by atoms with Gasteiger partial charge in [-0.3, -0.25) is 4.79 Å². The molecule has 0 aliphatic carbocycles. The monoisotopic (exact) mass is 492 g/mol. The topological polar surface area (TPSA) is 101 Å². The van der Waals surface area contributed by atoms with E-state index in [4.69, 9.17) is 4.74 Å². The highest BCUT2D eigenvalue weighted by Crippen LogP contribution is 2.31. The van der Waals surface area contributed by atoms with E-state index >= 15 is 0 Å². The molecule has 0 radical (unpaired) electrons. The lowest BCUT2D eigenvalue weighted by Crippen LogP contribution is -2.49. The van der Waals surface area contributed by atoms with E-state index in [2.05, 4.69) is 0 Å². The zero-order valence-corrected chi connectivity index (χ0v) is 19.1. The number of alkyl halides is 2. The maximum atomic E-state index is 13.4. The molecule has 3 saturated heterocycles. The fourth-order valence-corrected chi connectivity index (χ4v) is 7.19. The minimum absolute atomic E-state index is 0.0203. The second-order valence-electron chi connectivity index (χ2n) is 8.56. The van der Waals surface area contributed by atoms with Crippen molar-refractivity contribution in [1.29, 1.82) is 0 Å². The summed E-state index contributed by atoms with van der Waals surface area (Å²) in [7, 11) is -7.50. The second kappa shape index (κ2) is 8.62. The number of likely N-dealkylation sites (tertiary alicyclic amines) is 1. The number of sulfonamides is 1. The lowest BCUT2D eigenvalue weighted by atomic mass is 9.96. The number of benzene rings is 1. The third kappa shape index (κ3) is 4.55. The van der Waals surface area contributed by atoms with Crippen LogP contribution in [0.3, 0.4) is 0 Å². The van der Waals surface area contributed by atoms with E-state index < -0.39 is 37.0 Å². The molecule has 1 amide bonds. The number of carbonyl (C=O) groups is 1. The molecule has 1 unspecified atom stereocenters. The van der Waals surface area contributed by atoms with Crippen molar-refractivity contribution in [1.82, 2.24) is 9.21 Å². The van der Waals surface area contributed by atoms with Gasteiger partial charge in [0.05, 0.1) is 28.9 Å². The lowest BCUT2D eigenvalue weighted by Gasteiger charge is -2.37. The summed E-state index contributed by atoms with van der Waals surface area (Å²) in [6.07, 6.45) is 0.220. The van der Waals surface area contributed by atoms with E-state index in [1.54, 1.807) is 0 Å². The molecule has 32 heavy (non-hydrogen) atoms. The molecule has 0 saturated carbocycles. The zero-order valence-electron chi connectivity index (χ0n) is 17.5. The number of piperidine rings is 2. The summed E-state index contributed by atoms with van der Waals surface area (Å²) in [4.78, 5) is 14.2. The van der Waals surface area contributed by atoms with E-state index in [-0.39, 0.29) is 67.9 Å². The quantitative estimate of drug-likeness (QED) is 0.618. The number of carbonyl (C=O) groups excluding carboxylic acids is 1. The van der Waals surface area contributed by atoms with Gasteiger partial charge in [0, 0.05) is 39.0 Å². The van der Waals surface area contributed by atoms with Gasteiger partial charge in [0.15, 0.2) is 9.84 Å². The summed E-state index contributed by atoms with van der Waals surface area (Å²) in [6.45, 7) is 0.408. The van der Waals surface area contributed by atoms with Gasteiger partial charge >= 0.3 is 0 Å². The summed E-state index contributed by atoms with van der Waals surface area (Å²) in [5.41, 5.74) is 0. The Morgan fingerprint density at radius 3 is 2.12 bits per heavy atom. The van der Waals surface area contributed by atoms with Crippen LogP contribution in [-0.4, -0.2) is 82.5 Å². The number of nitrogens with zero attached hydrogens (tertiary/aromatic N) is 2. The predicted molar refractivity (Wildman–Crippen MR) is 110 cm³/mol. The molecule has 1 aromatic rings. The highest BCUT2D eigenvalue weighted by Gasteiger charge is 2.40. The van der Waals surface area contributed by atoms with Crippen molar-refractivity contribution in [3.63, 3.8) is 0 Å². The molecule has 0 aromatic heterocycles. The van der Waals surface area contributed by atoms with Crippen LogP contribution in [-0.2, 0) is 29.4 Å². The van der Waals surface area contributed by atoms with Crippen molar-refractivity contribution in [2.45, 2.75) is 46.6 Å². The normalized spacial score (nSPS) is 25.3. The molecular weight excluding hydrogens is 466 g/mol. The first-order valence-electron chi connectivity index (χ1n) is 10.6. The van der Waals surface area contributed by atoms with E-state index in [1.165, 1.54) is 33.5 Å². The van der Waals surface area contributed by atoms with Crippen LogP contribution < -0.4 is 0 Å². The molecule has 12 heteroatoms. The smallest absolute Gasteiger partial charge is 0.251 e. The van der Waals surface area contributed by atoms with Gasteiger partial charge in [-0.2, -0.15) is 4.31 Å². The molecular formula is C20H26F2N2O6S2. The molecule has 0 bridgehead atoms. The minimum Gasteiger partial charge on any atom is -0.379 e. The Morgan fingerprint density at radius 1 is 0.969 bits per heavy atom. The summed E-state index contributed by atoms with van der Waals surface area (Å²) in [5, 5.41) is -0.617. The fourth-order valence-electron chi connectivity index (χ4n) is 4.21. The van der Waals surface area contributed by atoms with Crippen molar-refractivity contribution >= 4 is 25.8 Å². The average molecular weight is 493 g/mol. The summed E-state index contributed by atoms with van der Waals surface area (Å²) in [6, 6.07) is 5.09. The Kier molecular flexibility index (Phi) is 6.34. The number of rotatable bonds is 5. The van der Waals surface area contributed by atoms with Crippen molar-refractivity contribution in [2.75, 3.05) is 39.4 Å². The number of ether oxygens (including phenoxy) is 1. The molecule has 8 nitrogen and oxygen atoms in total. The molecule has 3 fully saturated rings. The summed E-state index contributed by atoms with van der Waals surface area (Å²) < 4.78 is 84.1. The Bertz CT molecular complexity index is 1060. The molecule has 0 N–H and O–H groups in total. The Balaban J connectivity index is 1.45. The van der Waals surface area contributed by atoms with Gasteiger partial charge in [-0.05, 0) is 37.1 Å². The Labute approximate surface area is 186 Å². The van der Waals surface area contributed by atoms with Gasteiger partial charge in [-0.1, -0.05) is 0 Å². The fraction of sp³-hybridized carbons (Fsp3) is 0.650. The number of amides is 1. The van der Waals surface area contributed by atoms with Gasteiger partial charge in [0.25, 0.3) is 5.92 Å². The third-order valence-electron chi connectivity index (χ3n) is 6.38. The highest BCUT2D eigenvalue weighted by atomic mass is 32.2. The van der Waals surface area contributed by atoms with Gasteiger partial charge < -0.3 is 9.64 Å². The van der Waals surface area contributed by atoms with Crippen LogP contribution in [0.25, 0.3) is 0 Å². The van der Waals surface area contributed by atoms with Crippen molar-refractivity contribution in [3.05, 3.63) is 24.3 Å². The SMILES string of the molecule is O=C(C1CCCN(S(=O)(=O)c2ccc(S(=O)(=O)C3COC3)cc2)C1)N1CCC(F)(F)CC1. The molecule has 1 atom stereocenters. The first-order valence-corrected chi connectivity index (χ1v) is 13.6. The number of sulfone groups is 1. The minimum atomic E-state index is -3.93. The Hall–Kier alpha value is -1.63. The van der Waals surface area contributed by atoms with Crippen molar-refractivity contribution in [2.24, 2.45) is 5.92 Å². The largest absolute Gasteiger partial charge is 0.379 e. The average Bonchev–Trinajstić information content (AvgIpc) is 2.72. The van der Waals surface area contributed by atoms with Crippen LogP contribution in [0.15, 0.2) is 34.1 Å². The zero-order chi connectivity index (χ0) is 23.1. The molecule has 3 aliphatic heterocycles. The first-order chi connectivity index (χ1) is 15.0. The number of hydrogen-bond donors (Lipinski definition) is 0. The maximum Gasteiger partial charge on any atom is 0.251 e. The standard InChI is InChI=1S/C20H26F2N2O6S2/c21-20(22)7-10-23(11-8-20)19(25)15-2-1-9-24(12-15)32(28,29)17-5-3-16(4-6-17)31(26,27)18-13-30-14-18/h3-6,15,18H,1-2,7-14H2.